The van der Waals surface area contributed by atoms with Crippen LogP contribution >= 0.6 is 36.2 Å². The van der Waals surface area contributed by atoms with Gasteiger partial charge in [-0.05, 0) is 12.8 Å². The van der Waals surface area contributed by atoms with Crippen LogP contribution < -0.4 is 11.1 Å². The minimum atomic E-state index is -0.538. The molecule has 6 nitrogen and oxygen atoms in total. The number of esters is 1. The number of carbonyl (C=O) groups is 2. The van der Waals surface area contributed by atoms with Crippen molar-refractivity contribution in [1.29, 1.82) is 0 Å². The van der Waals surface area contributed by atoms with E-state index in [2.05, 4.69) is 10.3 Å². The summed E-state index contributed by atoms with van der Waals surface area (Å²) in [6, 6.07) is -0.538. The maximum Gasteiger partial charge on any atom is 0.357 e. The number of aromatic nitrogens is 1. The number of rotatable bonds is 6. The third-order valence-electron chi connectivity index (χ3n) is 2.47. The molecule has 0 aliphatic carbocycles. The number of nitrogens with zero attached hydrogens (tertiary/aromatic N) is 1. The third-order valence-corrected chi connectivity index (χ3v) is 3.32. The van der Waals surface area contributed by atoms with Crippen LogP contribution in [0.1, 0.15) is 36.3 Å². The van der Waals surface area contributed by atoms with Crippen LogP contribution in [0, 0.1) is 5.92 Å². The monoisotopic (exact) mass is 357 g/mol. The zero-order chi connectivity index (χ0) is 14.4. The van der Waals surface area contributed by atoms with Gasteiger partial charge in [-0.1, -0.05) is 13.8 Å². The van der Waals surface area contributed by atoms with E-state index in [-0.39, 0.29) is 48.9 Å². The summed E-state index contributed by atoms with van der Waals surface area (Å²) in [6.07, 6.45) is 0. The fourth-order valence-corrected chi connectivity index (χ4v) is 1.98. The van der Waals surface area contributed by atoms with Gasteiger partial charge >= 0.3 is 5.97 Å². The highest BCUT2D eigenvalue weighted by Crippen LogP contribution is 2.11. The first-order chi connectivity index (χ1) is 8.95. The van der Waals surface area contributed by atoms with E-state index in [0.717, 1.165) is 0 Å². The summed E-state index contributed by atoms with van der Waals surface area (Å²) >= 11 is 1.30. The molecule has 0 bridgehead atoms. The van der Waals surface area contributed by atoms with Crippen molar-refractivity contribution < 1.29 is 14.3 Å². The van der Waals surface area contributed by atoms with Crippen molar-refractivity contribution in [2.24, 2.45) is 11.7 Å². The first-order valence-electron chi connectivity index (χ1n) is 6.10. The third kappa shape index (κ3) is 7.08. The lowest BCUT2D eigenvalue weighted by atomic mass is 10.1. The van der Waals surface area contributed by atoms with Crippen molar-refractivity contribution in [3.8, 4) is 0 Å². The quantitative estimate of drug-likeness (QED) is 0.756. The maximum absolute atomic E-state index is 11.7. The molecule has 0 saturated heterocycles. The molecule has 0 aromatic carbocycles. The van der Waals surface area contributed by atoms with Crippen LogP contribution in [0.4, 0.5) is 0 Å². The molecule has 9 heteroatoms. The molecule has 1 heterocycles. The number of nitrogens with one attached hydrogen (secondary N) is 1. The molecule has 0 unspecified atom stereocenters. The summed E-state index contributed by atoms with van der Waals surface area (Å²) in [5.74, 6) is -0.593. The number of hydrogen-bond donors (Lipinski definition) is 2. The first kappa shape index (κ1) is 22.4. The van der Waals surface area contributed by atoms with Crippen LogP contribution in [0.25, 0.3) is 0 Å². The molecule has 1 atom stereocenters. The largest absolute Gasteiger partial charge is 0.461 e. The number of nitrogens with two attached hydrogens (primary N) is 1. The molecule has 1 rings (SSSR count). The topological polar surface area (TPSA) is 94.3 Å². The second kappa shape index (κ2) is 10.8. The van der Waals surface area contributed by atoms with Crippen LogP contribution in [-0.4, -0.2) is 29.5 Å². The van der Waals surface area contributed by atoms with Crippen LogP contribution in [0.5, 0.6) is 0 Å². The Labute approximate surface area is 140 Å². The normalized spacial score (nSPS) is 11.1. The maximum atomic E-state index is 11.7. The number of ether oxygens (including phenoxy) is 1. The Bertz CT molecular complexity index is 455. The number of carbonyl (C=O) groups excluding carboxylic acids is 2. The van der Waals surface area contributed by atoms with Crippen molar-refractivity contribution in [1.82, 2.24) is 10.3 Å². The summed E-state index contributed by atoms with van der Waals surface area (Å²) in [6.45, 7) is 6.08. The predicted octanol–water partition coefficient (Wildman–Crippen LogP) is 1.76. The summed E-state index contributed by atoms with van der Waals surface area (Å²) < 4.78 is 4.83. The molecule has 0 saturated carbocycles. The number of amides is 1. The van der Waals surface area contributed by atoms with Gasteiger partial charge in [0.2, 0.25) is 5.91 Å². The van der Waals surface area contributed by atoms with E-state index in [1.54, 1.807) is 12.3 Å². The molecule has 1 aromatic heterocycles. The lowest BCUT2D eigenvalue weighted by molar-refractivity contribution is -0.123. The van der Waals surface area contributed by atoms with Gasteiger partial charge in [0.1, 0.15) is 5.01 Å². The van der Waals surface area contributed by atoms with E-state index >= 15 is 0 Å². The van der Waals surface area contributed by atoms with E-state index < -0.39 is 12.0 Å². The van der Waals surface area contributed by atoms with Crippen LogP contribution in [-0.2, 0) is 16.1 Å². The first-order valence-corrected chi connectivity index (χ1v) is 6.98. The van der Waals surface area contributed by atoms with Gasteiger partial charge in [-0.25, -0.2) is 9.78 Å². The summed E-state index contributed by atoms with van der Waals surface area (Å²) in [5.41, 5.74) is 5.98. The fourth-order valence-electron chi connectivity index (χ4n) is 1.27. The number of thiazole rings is 1. The van der Waals surface area contributed by atoms with Crippen molar-refractivity contribution in [3.05, 3.63) is 16.1 Å². The molecule has 21 heavy (non-hydrogen) atoms. The van der Waals surface area contributed by atoms with E-state index in [4.69, 9.17) is 10.5 Å². The van der Waals surface area contributed by atoms with E-state index in [1.165, 1.54) is 11.3 Å². The lowest BCUT2D eigenvalue weighted by Crippen LogP contribution is -2.43. The second-order valence-corrected chi connectivity index (χ2v) is 5.28. The van der Waals surface area contributed by atoms with Crippen molar-refractivity contribution in [3.63, 3.8) is 0 Å². The molecule has 0 aliphatic heterocycles. The van der Waals surface area contributed by atoms with Crippen molar-refractivity contribution >= 4 is 48.0 Å². The Morgan fingerprint density at radius 3 is 2.57 bits per heavy atom. The molecule has 1 aromatic rings. The minimum absolute atomic E-state index is 0. The van der Waals surface area contributed by atoms with Gasteiger partial charge in [-0.15, -0.1) is 36.2 Å². The Hall–Kier alpha value is -0.890. The highest BCUT2D eigenvalue weighted by molar-refractivity contribution is 7.09. The SMILES string of the molecule is CCOC(=O)c1csc(CNC(=O)[C@@H](N)C(C)C)n1.Cl.Cl. The van der Waals surface area contributed by atoms with Crippen molar-refractivity contribution in [2.75, 3.05) is 6.61 Å². The van der Waals surface area contributed by atoms with Crippen LogP contribution in [0.15, 0.2) is 5.38 Å². The number of halogens is 2. The Morgan fingerprint density at radius 1 is 1.43 bits per heavy atom. The molecule has 122 valence electrons. The fraction of sp³-hybridized carbons (Fsp3) is 0.583. The molecule has 0 radical (unpaired) electrons. The van der Waals surface area contributed by atoms with E-state index in [1.807, 2.05) is 13.8 Å². The zero-order valence-electron chi connectivity index (χ0n) is 12.1. The summed E-state index contributed by atoms with van der Waals surface area (Å²) in [7, 11) is 0. The smallest absolute Gasteiger partial charge is 0.357 e. The Kier molecular flexibility index (Phi) is 11.5. The Balaban J connectivity index is 0. The van der Waals surface area contributed by atoms with Gasteiger partial charge < -0.3 is 15.8 Å². The molecule has 1 amide bonds. The highest BCUT2D eigenvalue weighted by atomic mass is 35.5. The molecule has 0 aliphatic rings. The van der Waals surface area contributed by atoms with Gasteiger partial charge in [0.25, 0.3) is 0 Å². The van der Waals surface area contributed by atoms with Crippen LogP contribution in [0.2, 0.25) is 0 Å². The van der Waals surface area contributed by atoms with Gasteiger partial charge in [-0.2, -0.15) is 0 Å². The number of hydrogen-bond acceptors (Lipinski definition) is 6. The van der Waals surface area contributed by atoms with E-state index in [9.17, 15) is 9.59 Å². The molecular weight excluding hydrogens is 337 g/mol. The average Bonchev–Trinajstić information content (AvgIpc) is 2.84. The Morgan fingerprint density at radius 2 is 2.05 bits per heavy atom. The zero-order valence-corrected chi connectivity index (χ0v) is 14.6. The highest BCUT2D eigenvalue weighted by Gasteiger charge is 2.17. The van der Waals surface area contributed by atoms with Crippen LogP contribution in [0.3, 0.4) is 0 Å². The average molecular weight is 358 g/mol. The summed E-state index contributed by atoms with van der Waals surface area (Å²) in [4.78, 5) is 27.2. The molecule has 0 fully saturated rings. The van der Waals surface area contributed by atoms with Gasteiger partial charge in [-0.3, -0.25) is 4.79 Å². The van der Waals surface area contributed by atoms with E-state index in [0.29, 0.717) is 11.6 Å². The van der Waals surface area contributed by atoms with Gasteiger partial charge in [0.05, 0.1) is 19.2 Å². The van der Waals surface area contributed by atoms with Crippen molar-refractivity contribution in [2.45, 2.75) is 33.4 Å². The van der Waals surface area contributed by atoms with Gasteiger partial charge in [0.15, 0.2) is 5.69 Å². The summed E-state index contributed by atoms with van der Waals surface area (Å²) in [5, 5.41) is 4.95. The van der Waals surface area contributed by atoms with Gasteiger partial charge in [0, 0.05) is 5.38 Å². The minimum Gasteiger partial charge on any atom is -0.461 e. The second-order valence-electron chi connectivity index (χ2n) is 4.33. The molecule has 0 spiro atoms. The lowest BCUT2D eigenvalue weighted by Gasteiger charge is -2.14. The molecular formula is C12H21Cl2N3O3S. The standard InChI is InChI=1S/C12H19N3O3S.2ClH/c1-4-18-12(17)8-6-19-9(15-8)5-14-11(16)10(13)7(2)3;;/h6-7,10H,4-5,13H2,1-3H3,(H,14,16);2*1H/t10-;;/m0../s1. The predicted molar refractivity (Wildman–Crippen MR) is 87.2 cm³/mol. The molecule has 3 N–H and O–H groups in total.